The summed E-state index contributed by atoms with van der Waals surface area (Å²) in [6.07, 6.45) is 9.74. The van der Waals surface area contributed by atoms with E-state index in [0.29, 0.717) is 0 Å². The minimum absolute atomic E-state index is 0.0491. The summed E-state index contributed by atoms with van der Waals surface area (Å²) in [7, 11) is 0. The lowest BCUT2D eigenvalue weighted by Gasteiger charge is -2.33. The molecular formula is C22H33N5OS. The molecule has 2 aliphatic heterocycles. The van der Waals surface area contributed by atoms with Gasteiger partial charge in [-0.15, -0.1) is 11.3 Å². The van der Waals surface area contributed by atoms with Crippen LogP contribution in [-0.4, -0.2) is 60.0 Å². The first-order chi connectivity index (χ1) is 14.2. The first kappa shape index (κ1) is 20.5. The highest BCUT2D eigenvalue weighted by Crippen LogP contribution is 2.32. The number of piperidine rings is 2. The minimum atomic E-state index is 0.0491. The van der Waals surface area contributed by atoms with E-state index in [1.54, 1.807) is 17.7 Å². The number of hydrogen-bond acceptors (Lipinski definition) is 6. The number of carbonyl (C=O) groups is 1. The van der Waals surface area contributed by atoms with Gasteiger partial charge in [-0.1, -0.05) is 13.3 Å². The van der Waals surface area contributed by atoms with Crippen LogP contribution in [0.5, 0.6) is 0 Å². The molecule has 158 valence electrons. The van der Waals surface area contributed by atoms with E-state index in [1.165, 1.54) is 37.2 Å². The molecule has 1 amide bonds. The van der Waals surface area contributed by atoms with Crippen LogP contribution in [0, 0.1) is 5.92 Å². The van der Waals surface area contributed by atoms with Crippen LogP contribution < -0.4 is 10.2 Å². The molecule has 2 aliphatic rings. The summed E-state index contributed by atoms with van der Waals surface area (Å²) in [5.41, 5.74) is 0. The summed E-state index contributed by atoms with van der Waals surface area (Å²) in [6.45, 7) is 8.22. The number of amides is 1. The summed E-state index contributed by atoms with van der Waals surface area (Å²) in [6, 6.07) is 2.22. The third-order valence-electron chi connectivity index (χ3n) is 6.20. The maximum absolute atomic E-state index is 12.8. The Kier molecular flexibility index (Phi) is 6.98. The lowest BCUT2D eigenvalue weighted by atomic mass is 9.97. The van der Waals surface area contributed by atoms with Crippen LogP contribution in [0.15, 0.2) is 12.4 Å². The fraction of sp³-hybridized carbons (Fsp3) is 0.682. The number of carbonyl (C=O) groups excluding carboxylic acids is 1. The molecule has 0 saturated carbocycles. The van der Waals surface area contributed by atoms with E-state index in [9.17, 15) is 4.79 Å². The van der Waals surface area contributed by atoms with E-state index >= 15 is 0 Å². The third kappa shape index (κ3) is 5.07. The Labute approximate surface area is 177 Å². The Hall–Kier alpha value is -1.73. The second kappa shape index (κ2) is 9.85. The van der Waals surface area contributed by atoms with Crippen molar-refractivity contribution in [3.63, 3.8) is 0 Å². The normalized spacial score (nSPS) is 20.9. The maximum Gasteiger partial charge on any atom is 0.224 e. The predicted octanol–water partition coefficient (Wildman–Crippen LogP) is 3.46. The maximum atomic E-state index is 12.8. The van der Waals surface area contributed by atoms with Crippen molar-refractivity contribution < 1.29 is 4.79 Å². The van der Waals surface area contributed by atoms with E-state index in [4.69, 9.17) is 0 Å². The molecule has 0 aromatic carbocycles. The fourth-order valence-electron chi connectivity index (χ4n) is 4.54. The smallest absolute Gasteiger partial charge is 0.224 e. The standard InChI is InChI=1S/C22H33N5OS/c1-2-18-14-19-20(24-16-25-22(19)29-18)27-13-6-8-17(15-27)21(28)23-9-7-12-26-10-4-3-5-11-26/h14,16-17H,2-13,15H2,1H3,(H,23,28). The zero-order valence-electron chi connectivity index (χ0n) is 17.5. The fourth-order valence-corrected chi connectivity index (χ4v) is 5.47. The number of fused-ring (bicyclic) bond motifs is 1. The molecule has 4 rings (SSSR count). The number of likely N-dealkylation sites (tertiary alicyclic amines) is 1. The second-order valence-corrected chi connectivity index (χ2v) is 9.43. The molecule has 4 heterocycles. The van der Waals surface area contributed by atoms with E-state index < -0.39 is 0 Å². The van der Waals surface area contributed by atoms with Crippen LogP contribution in [0.4, 0.5) is 5.82 Å². The van der Waals surface area contributed by atoms with Gasteiger partial charge in [0.1, 0.15) is 17.0 Å². The van der Waals surface area contributed by atoms with Crippen molar-refractivity contribution in [2.45, 2.75) is 51.9 Å². The largest absolute Gasteiger partial charge is 0.356 e. The van der Waals surface area contributed by atoms with Crippen LogP contribution in [0.25, 0.3) is 10.2 Å². The van der Waals surface area contributed by atoms with Gasteiger partial charge in [0.05, 0.1) is 11.3 Å². The minimum Gasteiger partial charge on any atom is -0.356 e. The first-order valence-corrected chi connectivity index (χ1v) is 12.0. The topological polar surface area (TPSA) is 61.4 Å². The molecular weight excluding hydrogens is 382 g/mol. The summed E-state index contributed by atoms with van der Waals surface area (Å²) in [5, 5.41) is 4.33. The Morgan fingerprint density at radius 2 is 2.07 bits per heavy atom. The molecule has 1 N–H and O–H groups in total. The van der Waals surface area contributed by atoms with E-state index in [2.05, 4.69) is 38.1 Å². The molecule has 0 bridgehead atoms. The Morgan fingerprint density at radius 3 is 2.90 bits per heavy atom. The molecule has 0 spiro atoms. The van der Waals surface area contributed by atoms with Gasteiger partial charge in [0.15, 0.2) is 0 Å². The Bertz CT molecular complexity index is 817. The van der Waals surface area contributed by atoms with Crippen molar-refractivity contribution in [1.29, 1.82) is 0 Å². The van der Waals surface area contributed by atoms with Crippen molar-refractivity contribution in [2.24, 2.45) is 5.92 Å². The average Bonchev–Trinajstić information content (AvgIpc) is 3.21. The number of aryl methyl sites for hydroxylation is 1. The molecule has 2 saturated heterocycles. The summed E-state index contributed by atoms with van der Waals surface area (Å²) < 4.78 is 0. The number of nitrogens with one attached hydrogen (secondary N) is 1. The molecule has 2 aromatic rings. The Balaban J connectivity index is 1.31. The SMILES string of the molecule is CCc1cc2c(N3CCCC(C(=O)NCCCN4CCCCC4)C3)ncnc2s1. The van der Waals surface area contributed by atoms with Gasteiger partial charge in [-0.2, -0.15) is 0 Å². The number of nitrogens with zero attached hydrogens (tertiary/aromatic N) is 4. The summed E-state index contributed by atoms with van der Waals surface area (Å²) in [5.74, 6) is 1.25. The van der Waals surface area contributed by atoms with Gasteiger partial charge in [-0.05, 0) is 64.2 Å². The molecule has 6 nitrogen and oxygen atoms in total. The number of hydrogen-bond donors (Lipinski definition) is 1. The van der Waals surface area contributed by atoms with Crippen molar-refractivity contribution in [1.82, 2.24) is 20.2 Å². The first-order valence-electron chi connectivity index (χ1n) is 11.2. The van der Waals surface area contributed by atoms with Gasteiger partial charge in [0.2, 0.25) is 5.91 Å². The van der Waals surface area contributed by atoms with Gasteiger partial charge in [0, 0.05) is 24.5 Å². The summed E-state index contributed by atoms with van der Waals surface area (Å²) >= 11 is 1.75. The number of thiophene rings is 1. The molecule has 0 aliphatic carbocycles. The molecule has 2 fully saturated rings. The quantitative estimate of drug-likeness (QED) is 0.702. The number of rotatable bonds is 7. The van der Waals surface area contributed by atoms with Crippen LogP contribution in [0.3, 0.4) is 0 Å². The van der Waals surface area contributed by atoms with Crippen LogP contribution in [0.1, 0.15) is 50.3 Å². The van der Waals surface area contributed by atoms with Gasteiger partial charge < -0.3 is 15.1 Å². The van der Waals surface area contributed by atoms with E-state index in [0.717, 1.165) is 67.9 Å². The highest BCUT2D eigenvalue weighted by molar-refractivity contribution is 7.18. The third-order valence-corrected chi connectivity index (χ3v) is 7.39. The second-order valence-electron chi connectivity index (χ2n) is 8.31. The molecule has 29 heavy (non-hydrogen) atoms. The molecule has 2 aromatic heterocycles. The van der Waals surface area contributed by atoms with Gasteiger partial charge in [-0.25, -0.2) is 9.97 Å². The molecule has 1 atom stereocenters. The van der Waals surface area contributed by atoms with Crippen molar-refractivity contribution in [2.75, 3.05) is 44.2 Å². The van der Waals surface area contributed by atoms with E-state index in [1.807, 2.05) is 0 Å². The zero-order valence-corrected chi connectivity index (χ0v) is 18.3. The van der Waals surface area contributed by atoms with Crippen LogP contribution >= 0.6 is 11.3 Å². The molecule has 1 unspecified atom stereocenters. The van der Waals surface area contributed by atoms with Crippen LogP contribution in [-0.2, 0) is 11.2 Å². The van der Waals surface area contributed by atoms with Gasteiger partial charge in [0.25, 0.3) is 0 Å². The lowest BCUT2D eigenvalue weighted by Crippen LogP contribution is -2.44. The monoisotopic (exact) mass is 415 g/mol. The number of anilines is 1. The predicted molar refractivity (Wildman–Crippen MR) is 120 cm³/mol. The molecule has 7 heteroatoms. The van der Waals surface area contributed by atoms with Crippen molar-refractivity contribution in [3.8, 4) is 0 Å². The summed E-state index contributed by atoms with van der Waals surface area (Å²) in [4.78, 5) is 29.0. The van der Waals surface area contributed by atoms with Gasteiger partial charge in [-0.3, -0.25) is 4.79 Å². The number of aromatic nitrogens is 2. The van der Waals surface area contributed by atoms with E-state index in [-0.39, 0.29) is 11.8 Å². The highest BCUT2D eigenvalue weighted by Gasteiger charge is 2.27. The average molecular weight is 416 g/mol. The zero-order chi connectivity index (χ0) is 20.1. The molecule has 0 radical (unpaired) electrons. The van der Waals surface area contributed by atoms with Crippen molar-refractivity contribution in [3.05, 3.63) is 17.3 Å². The van der Waals surface area contributed by atoms with Crippen LogP contribution in [0.2, 0.25) is 0 Å². The Morgan fingerprint density at radius 1 is 1.21 bits per heavy atom. The van der Waals surface area contributed by atoms with Gasteiger partial charge >= 0.3 is 0 Å². The highest BCUT2D eigenvalue weighted by atomic mass is 32.1. The lowest BCUT2D eigenvalue weighted by molar-refractivity contribution is -0.125. The van der Waals surface area contributed by atoms with Crippen molar-refractivity contribution >= 4 is 33.3 Å².